The minimum atomic E-state index is -4.49. The molecule has 0 aliphatic carbocycles. The van der Waals surface area contributed by atoms with Gasteiger partial charge in [-0.1, -0.05) is 12.1 Å². The molecule has 0 aliphatic rings. The summed E-state index contributed by atoms with van der Waals surface area (Å²) >= 11 is 0. The molecular weight excluding hydrogens is 281 g/mol. The molecule has 0 unspecified atom stereocenters. The van der Waals surface area contributed by atoms with Crippen molar-refractivity contribution < 1.29 is 17.9 Å². The van der Waals surface area contributed by atoms with Crippen LogP contribution in [-0.2, 0) is 6.18 Å². The van der Waals surface area contributed by atoms with Gasteiger partial charge in [0.15, 0.2) is 5.75 Å². The van der Waals surface area contributed by atoms with E-state index in [-0.39, 0.29) is 22.6 Å². The minimum absolute atomic E-state index is 0.0539. The van der Waals surface area contributed by atoms with E-state index in [1.165, 1.54) is 30.3 Å². The SMILES string of the molecule is N#Cc1cccc(C#N)c1Oc1cccc(C(F)(F)F)c1. The van der Waals surface area contributed by atoms with Crippen molar-refractivity contribution >= 4 is 0 Å². The number of hydrogen-bond acceptors (Lipinski definition) is 3. The normalized spacial score (nSPS) is 10.5. The lowest BCUT2D eigenvalue weighted by molar-refractivity contribution is -0.137. The molecule has 104 valence electrons. The zero-order valence-electron chi connectivity index (χ0n) is 10.5. The largest absolute Gasteiger partial charge is 0.455 e. The Morgan fingerprint density at radius 3 is 2.00 bits per heavy atom. The van der Waals surface area contributed by atoms with Crippen LogP contribution in [-0.4, -0.2) is 0 Å². The number of para-hydroxylation sites is 1. The fraction of sp³-hybridized carbons (Fsp3) is 0.0667. The molecule has 0 aromatic heterocycles. The lowest BCUT2D eigenvalue weighted by Crippen LogP contribution is -2.04. The van der Waals surface area contributed by atoms with Gasteiger partial charge in [0, 0.05) is 0 Å². The number of nitriles is 2. The van der Waals surface area contributed by atoms with Gasteiger partial charge in [-0.25, -0.2) is 0 Å². The standard InChI is InChI=1S/C15H7F3N2O/c16-15(17,18)12-5-2-6-13(7-12)21-14-10(8-19)3-1-4-11(14)9-20/h1-7H. The van der Waals surface area contributed by atoms with E-state index in [2.05, 4.69) is 0 Å². The number of alkyl halides is 3. The van der Waals surface area contributed by atoms with Crippen LogP contribution in [0.25, 0.3) is 0 Å². The lowest BCUT2D eigenvalue weighted by Gasteiger charge is -2.11. The summed E-state index contributed by atoms with van der Waals surface area (Å²) in [7, 11) is 0. The van der Waals surface area contributed by atoms with Crippen molar-refractivity contribution in [3.8, 4) is 23.6 Å². The Balaban J connectivity index is 2.45. The second-order valence-electron chi connectivity index (χ2n) is 4.03. The van der Waals surface area contributed by atoms with Gasteiger partial charge in [0.1, 0.15) is 17.9 Å². The van der Waals surface area contributed by atoms with Crippen molar-refractivity contribution in [3.05, 3.63) is 59.2 Å². The second-order valence-corrected chi connectivity index (χ2v) is 4.03. The smallest absolute Gasteiger partial charge is 0.416 e. The predicted octanol–water partition coefficient (Wildman–Crippen LogP) is 4.24. The Kier molecular flexibility index (Phi) is 3.82. The Bertz CT molecular complexity index is 722. The van der Waals surface area contributed by atoms with Gasteiger partial charge in [0.25, 0.3) is 0 Å². The number of halogens is 3. The Morgan fingerprint density at radius 2 is 1.48 bits per heavy atom. The molecular formula is C15H7F3N2O. The molecule has 0 saturated carbocycles. The molecule has 0 amide bonds. The fourth-order valence-electron chi connectivity index (χ4n) is 1.68. The van der Waals surface area contributed by atoms with Crippen molar-refractivity contribution in [2.45, 2.75) is 6.18 Å². The van der Waals surface area contributed by atoms with E-state index in [0.717, 1.165) is 12.1 Å². The maximum Gasteiger partial charge on any atom is 0.416 e. The number of nitrogens with zero attached hydrogens (tertiary/aromatic N) is 2. The van der Waals surface area contributed by atoms with E-state index in [9.17, 15) is 13.2 Å². The average Bonchev–Trinajstić information content (AvgIpc) is 2.47. The van der Waals surface area contributed by atoms with Crippen LogP contribution in [0, 0.1) is 22.7 Å². The third-order valence-corrected chi connectivity index (χ3v) is 2.64. The van der Waals surface area contributed by atoms with E-state index in [1.54, 1.807) is 0 Å². The first kappa shape index (κ1) is 14.4. The highest BCUT2D eigenvalue weighted by Gasteiger charge is 2.30. The van der Waals surface area contributed by atoms with E-state index < -0.39 is 11.7 Å². The van der Waals surface area contributed by atoms with Gasteiger partial charge < -0.3 is 4.74 Å². The van der Waals surface area contributed by atoms with Crippen LogP contribution < -0.4 is 4.74 Å². The van der Waals surface area contributed by atoms with Gasteiger partial charge in [0.2, 0.25) is 0 Å². The van der Waals surface area contributed by atoms with Crippen LogP contribution in [0.15, 0.2) is 42.5 Å². The first-order chi connectivity index (χ1) is 9.95. The van der Waals surface area contributed by atoms with Crippen molar-refractivity contribution in [1.29, 1.82) is 10.5 Å². The van der Waals surface area contributed by atoms with Gasteiger partial charge in [-0.05, 0) is 30.3 Å². The monoisotopic (exact) mass is 288 g/mol. The highest BCUT2D eigenvalue weighted by Crippen LogP contribution is 2.34. The highest BCUT2D eigenvalue weighted by molar-refractivity contribution is 5.55. The zero-order chi connectivity index (χ0) is 15.5. The maximum atomic E-state index is 12.6. The quantitative estimate of drug-likeness (QED) is 0.830. The first-order valence-corrected chi connectivity index (χ1v) is 5.74. The van der Waals surface area contributed by atoms with E-state index in [1.807, 2.05) is 12.1 Å². The van der Waals surface area contributed by atoms with E-state index in [4.69, 9.17) is 15.3 Å². The number of ether oxygens (including phenoxy) is 1. The van der Waals surface area contributed by atoms with Crippen LogP contribution >= 0.6 is 0 Å². The number of benzene rings is 2. The van der Waals surface area contributed by atoms with Crippen molar-refractivity contribution in [2.24, 2.45) is 0 Å². The summed E-state index contributed by atoms with van der Waals surface area (Å²) in [4.78, 5) is 0. The summed E-state index contributed by atoms with van der Waals surface area (Å²) in [5, 5.41) is 18.0. The van der Waals surface area contributed by atoms with Crippen LogP contribution in [0.1, 0.15) is 16.7 Å². The fourth-order valence-corrected chi connectivity index (χ4v) is 1.68. The molecule has 0 aliphatic heterocycles. The molecule has 6 heteroatoms. The Hall–Kier alpha value is -2.99. The third kappa shape index (κ3) is 3.13. The zero-order valence-corrected chi connectivity index (χ0v) is 10.5. The molecule has 0 bridgehead atoms. The molecule has 21 heavy (non-hydrogen) atoms. The third-order valence-electron chi connectivity index (χ3n) is 2.64. The van der Waals surface area contributed by atoms with Crippen LogP contribution in [0.5, 0.6) is 11.5 Å². The molecule has 2 aromatic rings. The van der Waals surface area contributed by atoms with Gasteiger partial charge in [-0.3, -0.25) is 0 Å². The molecule has 3 nitrogen and oxygen atoms in total. The first-order valence-electron chi connectivity index (χ1n) is 5.74. The van der Waals surface area contributed by atoms with Gasteiger partial charge in [-0.15, -0.1) is 0 Å². The molecule has 2 aromatic carbocycles. The number of rotatable bonds is 2. The van der Waals surface area contributed by atoms with Crippen LogP contribution in [0.3, 0.4) is 0 Å². The average molecular weight is 288 g/mol. The van der Waals surface area contributed by atoms with Gasteiger partial charge in [0.05, 0.1) is 16.7 Å². The molecule has 0 saturated heterocycles. The lowest BCUT2D eigenvalue weighted by atomic mass is 10.1. The van der Waals surface area contributed by atoms with Crippen molar-refractivity contribution in [3.63, 3.8) is 0 Å². The van der Waals surface area contributed by atoms with Crippen LogP contribution in [0.4, 0.5) is 13.2 Å². The predicted molar refractivity (Wildman–Crippen MR) is 67.4 cm³/mol. The summed E-state index contributed by atoms with van der Waals surface area (Å²) in [6.45, 7) is 0. The minimum Gasteiger partial charge on any atom is -0.455 e. The summed E-state index contributed by atoms with van der Waals surface area (Å²) in [6.07, 6.45) is -4.49. The van der Waals surface area contributed by atoms with Gasteiger partial charge in [-0.2, -0.15) is 23.7 Å². The summed E-state index contributed by atoms with van der Waals surface area (Å²) in [5.74, 6) is -0.147. The molecule has 0 heterocycles. The van der Waals surface area contributed by atoms with Crippen molar-refractivity contribution in [2.75, 3.05) is 0 Å². The summed E-state index contributed by atoms with van der Waals surface area (Å²) < 4.78 is 43.2. The molecule has 0 fully saturated rings. The molecule has 0 atom stereocenters. The Labute approximate surface area is 118 Å². The highest BCUT2D eigenvalue weighted by atomic mass is 19.4. The van der Waals surface area contributed by atoms with E-state index in [0.29, 0.717) is 0 Å². The van der Waals surface area contributed by atoms with Gasteiger partial charge >= 0.3 is 6.18 Å². The molecule has 0 spiro atoms. The maximum absolute atomic E-state index is 12.6. The second kappa shape index (κ2) is 5.56. The van der Waals surface area contributed by atoms with Crippen molar-refractivity contribution in [1.82, 2.24) is 0 Å². The topological polar surface area (TPSA) is 56.8 Å². The molecule has 0 radical (unpaired) electrons. The Morgan fingerprint density at radius 1 is 0.905 bits per heavy atom. The molecule has 2 rings (SSSR count). The molecule has 0 N–H and O–H groups in total. The van der Waals surface area contributed by atoms with E-state index >= 15 is 0 Å². The van der Waals surface area contributed by atoms with Crippen LogP contribution in [0.2, 0.25) is 0 Å². The summed E-state index contributed by atoms with van der Waals surface area (Å²) in [5.41, 5.74) is -0.717. The summed E-state index contributed by atoms with van der Waals surface area (Å²) in [6, 6.07) is 12.3. The number of hydrogen-bond donors (Lipinski definition) is 0.